The van der Waals surface area contributed by atoms with Crippen molar-refractivity contribution in [3.63, 3.8) is 0 Å². The average molecular weight is 282 g/mol. The number of nitrogens with zero attached hydrogens (tertiary/aromatic N) is 3. The molecule has 1 aliphatic carbocycles. The first-order valence-electron chi connectivity index (χ1n) is 7.33. The van der Waals surface area contributed by atoms with E-state index in [1.165, 1.54) is 12.8 Å². The molecule has 5 heteroatoms. The standard InChI is InChI=1S/C16H18N4O/c1-9-8-18-16(21-9)10(2)20-14-6-5-12(17)7-13(14)19-15(20)11-3-4-11/h5-8,10-11H,3-4,17H2,1-2H3. The van der Waals surface area contributed by atoms with Crippen LogP contribution in [0.25, 0.3) is 11.0 Å². The van der Waals surface area contributed by atoms with Gasteiger partial charge in [0.15, 0.2) is 0 Å². The first-order valence-corrected chi connectivity index (χ1v) is 7.33. The van der Waals surface area contributed by atoms with Crippen molar-refractivity contribution in [2.45, 2.75) is 38.6 Å². The molecule has 0 spiro atoms. The lowest BCUT2D eigenvalue weighted by Crippen LogP contribution is -2.10. The summed E-state index contributed by atoms with van der Waals surface area (Å²) in [7, 11) is 0. The van der Waals surface area contributed by atoms with Crippen LogP contribution in [0.1, 0.15) is 49.2 Å². The van der Waals surface area contributed by atoms with Crippen LogP contribution in [-0.4, -0.2) is 14.5 Å². The molecule has 0 aliphatic heterocycles. The monoisotopic (exact) mass is 282 g/mol. The van der Waals surface area contributed by atoms with Crippen LogP contribution in [0, 0.1) is 6.92 Å². The summed E-state index contributed by atoms with van der Waals surface area (Å²) in [5.41, 5.74) is 8.67. The molecule has 1 atom stereocenters. The van der Waals surface area contributed by atoms with Gasteiger partial charge in [0.2, 0.25) is 5.89 Å². The van der Waals surface area contributed by atoms with Gasteiger partial charge in [0.05, 0.1) is 17.2 Å². The lowest BCUT2D eigenvalue weighted by Gasteiger charge is -2.14. The zero-order valence-electron chi connectivity index (χ0n) is 12.2. The SMILES string of the molecule is Cc1cnc(C(C)n2c(C3CC3)nc3cc(N)ccc32)o1. The van der Waals surface area contributed by atoms with Gasteiger partial charge in [0, 0.05) is 11.6 Å². The summed E-state index contributed by atoms with van der Waals surface area (Å²) in [5, 5.41) is 0. The van der Waals surface area contributed by atoms with Crippen molar-refractivity contribution in [1.82, 2.24) is 14.5 Å². The lowest BCUT2D eigenvalue weighted by molar-refractivity contribution is 0.414. The molecule has 4 rings (SSSR count). The highest BCUT2D eigenvalue weighted by Crippen LogP contribution is 2.42. The van der Waals surface area contributed by atoms with Gasteiger partial charge in [-0.05, 0) is 44.9 Å². The van der Waals surface area contributed by atoms with Crippen molar-refractivity contribution >= 4 is 16.7 Å². The summed E-state index contributed by atoms with van der Waals surface area (Å²) >= 11 is 0. The second-order valence-corrected chi connectivity index (χ2v) is 5.85. The molecule has 0 saturated heterocycles. The molecule has 1 saturated carbocycles. The third-order valence-electron chi connectivity index (χ3n) is 4.07. The quantitative estimate of drug-likeness (QED) is 0.747. The topological polar surface area (TPSA) is 69.9 Å². The molecule has 2 N–H and O–H groups in total. The summed E-state index contributed by atoms with van der Waals surface area (Å²) in [4.78, 5) is 9.18. The summed E-state index contributed by atoms with van der Waals surface area (Å²) in [6.45, 7) is 4.02. The molecule has 2 aromatic heterocycles. The Balaban J connectivity index is 1.91. The van der Waals surface area contributed by atoms with Crippen molar-refractivity contribution in [1.29, 1.82) is 0 Å². The Morgan fingerprint density at radius 2 is 2.19 bits per heavy atom. The molecule has 0 radical (unpaired) electrons. The van der Waals surface area contributed by atoms with E-state index in [9.17, 15) is 0 Å². The molecule has 3 aromatic rings. The average Bonchev–Trinajstić information content (AvgIpc) is 3.11. The Morgan fingerprint density at radius 3 is 2.86 bits per heavy atom. The number of anilines is 1. The van der Waals surface area contributed by atoms with Crippen LogP contribution in [0.4, 0.5) is 5.69 Å². The Bertz CT molecular complexity index is 813. The molecule has 5 nitrogen and oxygen atoms in total. The third-order valence-corrected chi connectivity index (χ3v) is 4.07. The number of benzene rings is 1. The minimum absolute atomic E-state index is 0.0305. The number of hydrogen-bond donors (Lipinski definition) is 1. The van der Waals surface area contributed by atoms with E-state index < -0.39 is 0 Å². The van der Waals surface area contributed by atoms with Crippen LogP contribution in [0.5, 0.6) is 0 Å². The predicted octanol–water partition coefficient (Wildman–Crippen LogP) is 3.40. The number of imidazole rings is 1. The molecule has 1 unspecified atom stereocenters. The minimum atomic E-state index is 0.0305. The maximum atomic E-state index is 5.89. The fraction of sp³-hybridized carbons (Fsp3) is 0.375. The van der Waals surface area contributed by atoms with Crippen molar-refractivity contribution in [3.05, 3.63) is 41.9 Å². The van der Waals surface area contributed by atoms with Crippen LogP contribution in [-0.2, 0) is 0 Å². The maximum Gasteiger partial charge on any atom is 0.217 e. The van der Waals surface area contributed by atoms with E-state index in [0.717, 1.165) is 34.2 Å². The van der Waals surface area contributed by atoms with E-state index in [0.29, 0.717) is 5.92 Å². The zero-order valence-corrected chi connectivity index (χ0v) is 12.2. The largest absolute Gasteiger partial charge is 0.444 e. The van der Waals surface area contributed by atoms with Crippen molar-refractivity contribution in [2.75, 3.05) is 5.73 Å². The second kappa shape index (κ2) is 4.35. The summed E-state index contributed by atoms with van der Waals surface area (Å²) in [6.07, 6.45) is 4.17. The van der Waals surface area contributed by atoms with E-state index >= 15 is 0 Å². The lowest BCUT2D eigenvalue weighted by atomic mass is 10.2. The molecule has 2 heterocycles. The molecular weight excluding hydrogens is 264 g/mol. The molecule has 0 bridgehead atoms. The van der Waals surface area contributed by atoms with E-state index in [1.807, 2.05) is 25.1 Å². The maximum absolute atomic E-state index is 5.89. The van der Waals surface area contributed by atoms with Gasteiger partial charge in [-0.2, -0.15) is 0 Å². The normalized spacial score (nSPS) is 16.5. The van der Waals surface area contributed by atoms with Gasteiger partial charge in [-0.3, -0.25) is 0 Å². The number of aromatic nitrogens is 3. The number of aryl methyl sites for hydroxylation is 1. The Hall–Kier alpha value is -2.30. The predicted molar refractivity (Wildman–Crippen MR) is 81.2 cm³/mol. The van der Waals surface area contributed by atoms with Gasteiger partial charge in [-0.25, -0.2) is 9.97 Å². The molecule has 1 aromatic carbocycles. The number of rotatable bonds is 3. The van der Waals surface area contributed by atoms with E-state index in [4.69, 9.17) is 15.1 Å². The number of nitrogens with two attached hydrogens (primary N) is 1. The van der Waals surface area contributed by atoms with Crippen LogP contribution in [0.2, 0.25) is 0 Å². The summed E-state index contributed by atoms with van der Waals surface area (Å²) < 4.78 is 7.96. The van der Waals surface area contributed by atoms with Gasteiger partial charge >= 0.3 is 0 Å². The van der Waals surface area contributed by atoms with Gasteiger partial charge in [0.25, 0.3) is 0 Å². The first-order chi connectivity index (χ1) is 10.1. The highest BCUT2D eigenvalue weighted by atomic mass is 16.4. The van der Waals surface area contributed by atoms with E-state index in [-0.39, 0.29) is 6.04 Å². The van der Waals surface area contributed by atoms with Crippen LogP contribution in [0.15, 0.2) is 28.8 Å². The molecular formula is C16H18N4O. The Morgan fingerprint density at radius 1 is 1.38 bits per heavy atom. The van der Waals surface area contributed by atoms with Crippen molar-refractivity contribution in [3.8, 4) is 0 Å². The highest BCUT2D eigenvalue weighted by Gasteiger charge is 2.32. The Kier molecular flexibility index (Phi) is 2.58. The van der Waals surface area contributed by atoms with Crippen molar-refractivity contribution < 1.29 is 4.42 Å². The minimum Gasteiger partial charge on any atom is -0.444 e. The van der Waals surface area contributed by atoms with Crippen LogP contribution >= 0.6 is 0 Å². The Labute approximate surface area is 122 Å². The fourth-order valence-corrected chi connectivity index (χ4v) is 2.85. The molecule has 21 heavy (non-hydrogen) atoms. The molecule has 108 valence electrons. The smallest absolute Gasteiger partial charge is 0.217 e. The molecule has 1 fully saturated rings. The van der Waals surface area contributed by atoms with Gasteiger partial charge in [0.1, 0.15) is 17.6 Å². The molecule has 0 amide bonds. The van der Waals surface area contributed by atoms with E-state index in [2.05, 4.69) is 16.5 Å². The zero-order chi connectivity index (χ0) is 14.6. The number of fused-ring (bicyclic) bond motifs is 1. The second-order valence-electron chi connectivity index (χ2n) is 5.85. The number of hydrogen-bond acceptors (Lipinski definition) is 4. The first kappa shape index (κ1) is 12.4. The van der Waals surface area contributed by atoms with Crippen molar-refractivity contribution in [2.24, 2.45) is 0 Å². The fourth-order valence-electron chi connectivity index (χ4n) is 2.85. The van der Waals surface area contributed by atoms with Crippen LogP contribution < -0.4 is 5.73 Å². The number of nitrogen functional groups attached to an aromatic ring is 1. The van der Waals surface area contributed by atoms with E-state index in [1.54, 1.807) is 6.20 Å². The third kappa shape index (κ3) is 2.00. The summed E-state index contributed by atoms with van der Waals surface area (Å²) in [5.74, 6) is 3.24. The molecule has 1 aliphatic rings. The number of oxazole rings is 1. The van der Waals surface area contributed by atoms with Gasteiger partial charge in [-0.1, -0.05) is 0 Å². The highest BCUT2D eigenvalue weighted by molar-refractivity contribution is 5.80. The van der Waals surface area contributed by atoms with Gasteiger partial charge in [-0.15, -0.1) is 0 Å². The van der Waals surface area contributed by atoms with Crippen LogP contribution in [0.3, 0.4) is 0 Å². The summed E-state index contributed by atoms with van der Waals surface area (Å²) in [6, 6.07) is 5.93. The van der Waals surface area contributed by atoms with Gasteiger partial charge < -0.3 is 14.7 Å².